The van der Waals surface area contributed by atoms with Crippen molar-refractivity contribution in [2.45, 2.75) is 58.5 Å². The van der Waals surface area contributed by atoms with Crippen molar-refractivity contribution in [2.75, 3.05) is 13.1 Å². The standard InChI is InChI=1S/C13H24N2O/c1-10(13(3)6-7-13)14-12-4-8-15(9-5-12)11(2)16/h10,12,14H,4-9H2,1-3H3. The largest absolute Gasteiger partial charge is 0.343 e. The Morgan fingerprint density at radius 3 is 2.38 bits per heavy atom. The molecule has 0 aromatic heterocycles. The highest BCUT2D eigenvalue weighted by molar-refractivity contribution is 5.73. The van der Waals surface area contributed by atoms with Gasteiger partial charge in [-0.2, -0.15) is 0 Å². The first-order valence-corrected chi connectivity index (χ1v) is 6.53. The van der Waals surface area contributed by atoms with Crippen LogP contribution >= 0.6 is 0 Å². The predicted octanol–water partition coefficient (Wildman–Crippen LogP) is 1.78. The maximum absolute atomic E-state index is 11.2. The van der Waals surface area contributed by atoms with E-state index < -0.39 is 0 Å². The molecule has 1 amide bonds. The first kappa shape index (κ1) is 11.9. The monoisotopic (exact) mass is 224 g/mol. The number of amides is 1. The van der Waals surface area contributed by atoms with Gasteiger partial charge < -0.3 is 10.2 Å². The maximum Gasteiger partial charge on any atom is 0.219 e. The van der Waals surface area contributed by atoms with E-state index in [1.54, 1.807) is 6.92 Å². The Balaban J connectivity index is 1.75. The van der Waals surface area contributed by atoms with Crippen molar-refractivity contribution in [3.05, 3.63) is 0 Å². The van der Waals surface area contributed by atoms with Crippen LogP contribution in [0.1, 0.15) is 46.5 Å². The van der Waals surface area contributed by atoms with E-state index in [-0.39, 0.29) is 5.91 Å². The lowest BCUT2D eigenvalue weighted by Crippen LogP contribution is -2.48. The van der Waals surface area contributed by atoms with Crippen LogP contribution < -0.4 is 5.32 Å². The molecule has 1 heterocycles. The van der Waals surface area contributed by atoms with Gasteiger partial charge in [-0.25, -0.2) is 0 Å². The zero-order valence-corrected chi connectivity index (χ0v) is 10.8. The molecule has 1 aliphatic carbocycles. The van der Waals surface area contributed by atoms with Crippen LogP contribution in [0.2, 0.25) is 0 Å². The van der Waals surface area contributed by atoms with Crippen molar-refractivity contribution >= 4 is 5.91 Å². The van der Waals surface area contributed by atoms with E-state index >= 15 is 0 Å². The first-order valence-electron chi connectivity index (χ1n) is 6.53. The van der Waals surface area contributed by atoms with E-state index in [4.69, 9.17) is 0 Å². The van der Waals surface area contributed by atoms with Crippen LogP contribution in [0.4, 0.5) is 0 Å². The number of piperidine rings is 1. The quantitative estimate of drug-likeness (QED) is 0.792. The number of hydrogen-bond donors (Lipinski definition) is 1. The number of nitrogens with zero attached hydrogens (tertiary/aromatic N) is 1. The summed E-state index contributed by atoms with van der Waals surface area (Å²) in [7, 11) is 0. The van der Waals surface area contributed by atoms with Crippen LogP contribution in [0.5, 0.6) is 0 Å². The summed E-state index contributed by atoms with van der Waals surface area (Å²) in [5.41, 5.74) is 0.553. The van der Waals surface area contributed by atoms with Gasteiger partial charge >= 0.3 is 0 Å². The third-order valence-electron chi connectivity index (χ3n) is 4.51. The molecule has 2 aliphatic rings. The molecule has 1 N–H and O–H groups in total. The Kier molecular flexibility index (Phi) is 3.24. The summed E-state index contributed by atoms with van der Waals surface area (Å²) in [6.07, 6.45) is 4.96. The molecule has 1 unspecified atom stereocenters. The summed E-state index contributed by atoms with van der Waals surface area (Å²) >= 11 is 0. The van der Waals surface area contributed by atoms with Crippen molar-refractivity contribution in [3.8, 4) is 0 Å². The SMILES string of the molecule is CC(=O)N1CCC(NC(C)C2(C)CC2)CC1. The van der Waals surface area contributed by atoms with Crippen LogP contribution in [-0.2, 0) is 4.79 Å². The molecule has 2 rings (SSSR count). The fraction of sp³-hybridized carbons (Fsp3) is 0.923. The Morgan fingerprint density at radius 1 is 1.38 bits per heavy atom. The first-order chi connectivity index (χ1) is 7.51. The van der Waals surface area contributed by atoms with Crippen LogP contribution in [0.25, 0.3) is 0 Å². The molecule has 0 bridgehead atoms. The Labute approximate surface area is 98.6 Å². The number of likely N-dealkylation sites (tertiary alicyclic amines) is 1. The van der Waals surface area contributed by atoms with Gasteiger partial charge in [0.1, 0.15) is 0 Å². The van der Waals surface area contributed by atoms with Crippen molar-refractivity contribution in [3.63, 3.8) is 0 Å². The number of carbonyl (C=O) groups is 1. The highest BCUT2D eigenvalue weighted by Gasteiger charge is 2.43. The molecule has 1 aliphatic heterocycles. The van der Waals surface area contributed by atoms with Crippen molar-refractivity contribution in [2.24, 2.45) is 5.41 Å². The molecule has 3 heteroatoms. The molecule has 1 saturated heterocycles. The van der Waals surface area contributed by atoms with Gasteiger partial charge in [0.05, 0.1) is 0 Å². The topological polar surface area (TPSA) is 32.3 Å². The maximum atomic E-state index is 11.2. The molecule has 0 spiro atoms. The van der Waals surface area contributed by atoms with Gasteiger partial charge in [0, 0.05) is 32.1 Å². The van der Waals surface area contributed by atoms with Gasteiger partial charge in [-0.05, 0) is 38.0 Å². The molecule has 16 heavy (non-hydrogen) atoms. The van der Waals surface area contributed by atoms with Gasteiger partial charge in [0.2, 0.25) is 5.91 Å². The van der Waals surface area contributed by atoms with Crippen molar-refractivity contribution in [1.82, 2.24) is 10.2 Å². The van der Waals surface area contributed by atoms with Crippen molar-refractivity contribution in [1.29, 1.82) is 0 Å². The average Bonchev–Trinajstić information content (AvgIpc) is 2.99. The van der Waals surface area contributed by atoms with Gasteiger partial charge in [0.25, 0.3) is 0 Å². The molecule has 0 radical (unpaired) electrons. The number of rotatable bonds is 3. The third-order valence-corrected chi connectivity index (χ3v) is 4.51. The van der Waals surface area contributed by atoms with Crippen LogP contribution in [-0.4, -0.2) is 36.0 Å². The Bertz CT molecular complexity index is 265. The number of hydrogen-bond acceptors (Lipinski definition) is 2. The van der Waals surface area contributed by atoms with E-state index in [9.17, 15) is 4.79 Å². The smallest absolute Gasteiger partial charge is 0.219 e. The summed E-state index contributed by atoms with van der Waals surface area (Å²) in [5, 5.41) is 3.74. The minimum absolute atomic E-state index is 0.223. The average molecular weight is 224 g/mol. The highest BCUT2D eigenvalue weighted by atomic mass is 16.2. The van der Waals surface area contributed by atoms with Crippen LogP contribution in [0.3, 0.4) is 0 Å². The normalized spacial score (nSPS) is 26.6. The molecule has 1 atom stereocenters. The van der Waals surface area contributed by atoms with E-state index in [0.29, 0.717) is 17.5 Å². The Hall–Kier alpha value is -0.570. The predicted molar refractivity (Wildman–Crippen MR) is 65.2 cm³/mol. The lowest BCUT2D eigenvalue weighted by Gasteiger charge is -2.34. The minimum atomic E-state index is 0.223. The van der Waals surface area contributed by atoms with Crippen LogP contribution in [0, 0.1) is 5.41 Å². The van der Waals surface area contributed by atoms with Crippen LogP contribution in [0.15, 0.2) is 0 Å². The summed E-state index contributed by atoms with van der Waals surface area (Å²) < 4.78 is 0. The summed E-state index contributed by atoms with van der Waals surface area (Å²) in [5.74, 6) is 0.223. The molecule has 0 aromatic carbocycles. The van der Waals surface area contributed by atoms with E-state index in [2.05, 4.69) is 19.2 Å². The molecule has 1 saturated carbocycles. The zero-order valence-electron chi connectivity index (χ0n) is 10.8. The van der Waals surface area contributed by atoms with E-state index in [1.807, 2.05) is 4.90 Å². The molecule has 92 valence electrons. The second-order valence-corrected chi connectivity index (χ2v) is 5.82. The van der Waals surface area contributed by atoms with Gasteiger partial charge in [0.15, 0.2) is 0 Å². The second-order valence-electron chi connectivity index (χ2n) is 5.82. The third kappa shape index (κ3) is 2.57. The second kappa shape index (κ2) is 4.36. The van der Waals surface area contributed by atoms with E-state index in [0.717, 1.165) is 25.9 Å². The fourth-order valence-corrected chi connectivity index (χ4v) is 2.55. The zero-order chi connectivity index (χ0) is 11.8. The molecular formula is C13H24N2O. The van der Waals surface area contributed by atoms with Gasteiger partial charge in [-0.15, -0.1) is 0 Å². The lowest BCUT2D eigenvalue weighted by molar-refractivity contribution is -0.129. The minimum Gasteiger partial charge on any atom is -0.343 e. The fourth-order valence-electron chi connectivity index (χ4n) is 2.55. The summed E-state index contributed by atoms with van der Waals surface area (Å²) in [6.45, 7) is 8.20. The Morgan fingerprint density at radius 2 is 1.94 bits per heavy atom. The molecule has 3 nitrogen and oxygen atoms in total. The summed E-state index contributed by atoms with van der Waals surface area (Å²) in [4.78, 5) is 13.2. The highest BCUT2D eigenvalue weighted by Crippen LogP contribution is 2.48. The summed E-state index contributed by atoms with van der Waals surface area (Å²) in [6, 6.07) is 1.24. The lowest BCUT2D eigenvalue weighted by atomic mass is 9.97. The van der Waals surface area contributed by atoms with Gasteiger partial charge in [-0.1, -0.05) is 6.92 Å². The van der Waals surface area contributed by atoms with E-state index in [1.165, 1.54) is 12.8 Å². The number of nitrogens with one attached hydrogen (secondary N) is 1. The van der Waals surface area contributed by atoms with Gasteiger partial charge in [-0.3, -0.25) is 4.79 Å². The molecule has 0 aromatic rings. The van der Waals surface area contributed by atoms with Crippen molar-refractivity contribution < 1.29 is 4.79 Å². The molecular weight excluding hydrogens is 200 g/mol. The molecule has 2 fully saturated rings. The number of carbonyl (C=O) groups excluding carboxylic acids is 1.